The van der Waals surface area contributed by atoms with Gasteiger partial charge < -0.3 is 10.5 Å². The second-order valence-corrected chi connectivity index (χ2v) is 5.98. The molecule has 0 aliphatic carbocycles. The summed E-state index contributed by atoms with van der Waals surface area (Å²) in [6, 6.07) is 15.5. The van der Waals surface area contributed by atoms with Crippen LogP contribution < -0.4 is 5.73 Å². The van der Waals surface area contributed by atoms with Crippen LogP contribution in [0.4, 0.5) is 0 Å². The molecule has 22 heavy (non-hydrogen) atoms. The predicted octanol–water partition coefficient (Wildman–Crippen LogP) is 4.19. The van der Waals surface area contributed by atoms with Crippen LogP contribution in [0.5, 0.6) is 0 Å². The van der Waals surface area contributed by atoms with Crippen molar-refractivity contribution in [2.24, 2.45) is 5.73 Å². The van der Waals surface area contributed by atoms with E-state index in [1.165, 1.54) is 0 Å². The van der Waals surface area contributed by atoms with Gasteiger partial charge in [-0.1, -0.05) is 36.4 Å². The average molecular weight is 320 g/mol. The van der Waals surface area contributed by atoms with Crippen LogP contribution in [0, 0.1) is 0 Å². The van der Waals surface area contributed by atoms with E-state index in [9.17, 15) is 4.79 Å². The zero-order chi connectivity index (χ0) is 15.5. The molecular weight excluding hydrogens is 298 g/mol. The van der Waals surface area contributed by atoms with Crippen molar-refractivity contribution in [3.63, 3.8) is 0 Å². The fourth-order valence-electron chi connectivity index (χ4n) is 1.97. The van der Waals surface area contributed by atoms with Crippen LogP contribution in [0.2, 0.25) is 0 Å². The van der Waals surface area contributed by atoms with Crippen LogP contribution in [0.3, 0.4) is 0 Å². The molecule has 0 bridgehead atoms. The highest BCUT2D eigenvalue weighted by Crippen LogP contribution is 2.21. The van der Waals surface area contributed by atoms with Crippen LogP contribution in [0.25, 0.3) is 11.1 Å². The minimum Gasteiger partial charge on any atom is -0.456 e. The molecule has 0 aromatic heterocycles. The number of hydrogen-bond donors (Lipinski definition) is 1. The summed E-state index contributed by atoms with van der Waals surface area (Å²) in [5.41, 5.74) is 8.94. The SMILES string of the molecule is CC(C)(C)OC(=O)c1ccc(-c2ccc(CN)cc2)cc1.Cl. The maximum Gasteiger partial charge on any atom is 0.338 e. The van der Waals surface area contributed by atoms with Crippen LogP contribution in [0.15, 0.2) is 48.5 Å². The van der Waals surface area contributed by atoms with E-state index in [1.54, 1.807) is 12.1 Å². The highest BCUT2D eigenvalue weighted by Gasteiger charge is 2.17. The number of benzene rings is 2. The van der Waals surface area contributed by atoms with E-state index in [2.05, 4.69) is 0 Å². The van der Waals surface area contributed by atoms with Crippen LogP contribution in [-0.2, 0) is 11.3 Å². The monoisotopic (exact) mass is 319 g/mol. The molecule has 3 nitrogen and oxygen atoms in total. The lowest BCUT2D eigenvalue weighted by Crippen LogP contribution is -2.23. The van der Waals surface area contributed by atoms with Gasteiger partial charge in [0, 0.05) is 6.54 Å². The first-order valence-electron chi connectivity index (χ1n) is 7.02. The van der Waals surface area contributed by atoms with Gasteiger partial charge >= 0.3 is 5.97 Å². The smallest absolute Gasteiger partial charge is 0.338 e. The minimum absolute atomic E-state index is 0. The molecule has 0 saturated heterocycles. The van der Waals surface area contributed by atoms with E-state index >= 15 is 0 Å². The largest absolute Gasteiger partial charge is 0.456 e. The van der Waals surface area contributed by atoms with Gasteiger partial charge in [-0.05, 0) is 49.6 Å². The Balaban J connectivity index is 0.00000242. The molecule has 0 aliphatic rings. The fourth-order valence-corrected chi connectivity index (χ4v) is 1.97. The summed E-state index contributed by atoms with van der Waals surface area (Å²) < 4.78 is 5.35. The molecule has 0 saturated carbocycles. The molecule has 0 heterocycles. The summed E-state index contributed by atoms with van der Waals surface area (Å²) in [5, 5.41) is 0. The number of rotatable bonds is 3. The predicted molar refractivity (Wildman–Crippen MR) is 92.2 cm³/mol. The minimum atomic E-state index is -0.478. The van der Waals surface area contributed by atoms with Gasteiger partial charge in [0.15, 0.2) is 0 Å². The van der Waals surface area contributed by atoms with E-state index in [-0.39, 0.29) is 18.4 Å². The number of esters is 1. The Morgan fingerprint density at radius 2 is 1.41 bits per heavy atom. The first-order valence-corrected chi connectivity index (χ1v) is 7.02. The van der Waals surface area contributed by atoms with Crippen molar-refractivity contribution in [2.45, 2.75) is 32.9 Å². The Morgan fingerprint density at radius 1 is 0.955 bits per heavy atom. The van der Waals surface area contributed by atoms with Gasteiger partial charge in [-0.25, -0.2) is 4.79 Å². The summed E-state index contributed by atoms with van der Waals surface area (Å²) in [6.07, 6.45) is 0. The molecule has 4 heteroatoms. The number of carbonyl (C=O) groups excluding carboxylic acids is 1. The first kappa shape index (κ1) is 18.2. The van der Waals surface area contributed by atoms with Crippen molar-refractivity contribution in [1.29, 1.82) is 0 Å². The van der Waals surface area contributed by atoms with Crippen molar-refractivity contribution in [1.82, 2.24) is 0 Å². The molecule has 0 atom stereocenters. The second-order valence-electron chi connectivity index (χ2n) is 5.98. The third kappa shape index (κ3) is 4.86. The molecule has 2 N–H and O–H groups in total. The Hall–Kier alpha value is -1.84. The average Bonchev–Trinajstić information content (AvgIpc) is 2.46. The quantitative estimate of drug-likeness (QED) is 0.863. The maximum absolute atomic E-state index is 12.0. The summed E-state index contributed by atoms with van der Waals surface area (Å²) >= 11 is 0. The molecule has 0 amide bonds. The van der Waals surface area contributed by atoms with E-state index < -0.39 is 5.60 Å². The molecule has 2 aromatic carbocycles. The summed E-state index contributed by atoms with van der Waals surface area (Å²) in [4.78, 5) is 12.0. The van der Waals surface area contributed by atoms with E-state index in [1.807, 2.05) is 57.2 Å². The van der Waals surface area contributed by atoms with Gasteiger partial charge in [0.1, 0.15) is 5.60 Å². The van der Waals surface area contributed by atoms with Crippen molar-refractivity contribution in [2.75, 3.05) is 0 Å². The topological polar surface area (TPSA) is 52.3 Å². The summed E-state index contributed by atoms with van der Waals surface area (Å²) in [6.45, 7) is 6.12. The standard InChI is InChI=1S/C18H21NO2.ClH/c1-18(2,3)21-17(20)16-10-8-15(9-11-16)14-6-4-13(12-19)5-7-14;/h4-11H,12,19H2,1-3H3;1H. The molecular formula is C18H22ClNO2. The number of hydrogen-bond acceptors (Lipinski definition) is 3. The van der Waals surface area contributed by atoms with Crippen molar-refractivity contribution in [3.8, 4) is 11.1 Å². The first-order chi connectivity index (χ1) is 9.89. The molecule has 0 unspecified atom stereocenters. The molecule has 0 radical (unpaired) electrons. The number of ether oxygens (including phenoxy) is 1. The number of carbonyl (C=O) groups is 1. The van der Waals surface area contributed by atoms with E-state index in [0.29, 0.717) is 12.1 Å². The van der Waals surface area contributed by atoms with E-state index in [4.69, 9.17) is 10.5 Å². The zero-order valence-electron chi connectivity index (χ0n) is 13.1. The summed E-state index contributed by atoms with van der Waals surface area (Å²) in [7, 11) is 0. The highest BCUT2D eigenvalue weighted by molar-refractivity contribution is 5.90. The molecule has 2 aromatic rings. The lowest BCUT2D eigenvalue weighted by molar-refractivity contribution is 0.00696. The van der Waals surface area contributed by atoms with Gasteiger partial charge in [0.2, 0.25) is 0 Å². The maximum atomic E-state index is 12.0. The van der Waals surface area contributed by atoms with Crippen LogP contribution >= 0.6 is 12.4 Å². The number of halogens is 1. The molecule has 2 rings (SSSR count). The second kappa shape index (κ2) is 7.43. The van der Waals surface area contributed by atoms with Gasteiger partial charge in [-0.15, -0.1) is 12.4 Å². The Labute approximate surface area is 137 Å². The third-order valence-corrected chi connectivity index (χ3v) is 3.04. The molecule has 0 fully saturated rings. The lowest BCUT2D eigenvalue weighted by Gasteiger charge is -2.19. The lowest BCUT2D eigenvalue weighted by atomic mass is 10.0. The third-order valence-electron chi connectivity index (χ3n) is 3.04. The molecule has 0 spiro atoms. The fraction of sp³-hybridized carbons (Fsp3) is 0.278. The Kier molecular flexibility index (Phi) is 6.15. The Morgan fingerprint density at radius 3 is 1.82 bits per heavy atom. The zero-order valence-corrected chi connectivity index (χ0v) is 13.9. The van der Waals surface area contributed by atoms with Gasteiger partial charge in [0.25, 0.3) is 0 Å². The van der Waals surface area contributed by atoms with Crippen LogP contribution in [0.1, 0.15) is 36.7 Å². The van der Waals surface area contributed by atoms with Gasteiger partial charge in [-0.2, -0.15) is 0 Å². The molecule has 0 aliphatic heterocycles. The van der Waals surface area contributed by atoms with Crippen molar-refractivity contribution < 1.29 is 9.53 Å². The van der Waals surface area contributed by atoms with Crippen molar-refractivity contribution >= 4 is 18.4 Å². The molecule has 118 valence electrons. The summed E-state index contributed by atoms with van der Waals surface area (Å²) in [5.74, 6) is -0.299. The van der Waals surface area contributed by atoms with Gasteiger partial charge in [-0.3, -0.25) is 0 Å². The Bertz CT molecular complexity index is 613. The van der Waals surface area contributed by atoms with E-state index in [0.717, 1.165) is 16.7 Å². The van der Waals surface area contributed by atoms with Gasteiger partial charge in [0.05, 0.1) is 5.56 Å². The number of nitrogens with two attached hydrogens (primary N) is 1. The highest BCUT2D eigenvalue weighted by atomic mass is 35.5. The normalized spacial score (nSPS) is 10.7. The van der Waals surface area contributed by atoms with Crippen molar-refractivity contribution in [3.05, 3.63) is 59.7 Å². The van der Waals surface area contributed by atoms with Crippen LogP contribution in [-0.4, -0.2) is 11.6 Å².